The van der Waals surface area contributed by atoms with Crippen molar-refractivity contribution in [3.8, 4) is 0 Å². The minimum atomic E-state index is -0.383. The Hall–Kier alpha value is -1.77. The second kappa shape index (κ2) is 4.39. The highest BCUT2D eigenvalue weighted by Gasteiger charge is 2.06. The van der Waals surface area contributed by atoms with Crippen LogP contribution in [-0.4, -0.2) is 10.9 Å². The molecule has 2 aromatic rings. The zero-order valence-electron chi connectivity index (χ0n) is 9.42. The van der Waals surface area contributed by atoms with Crippen LogP contribution in [0.4, 0.5) is 0 Å². The molecule has 0 aliphatic heterocycles. The van der Waals surface area contributed by atoms with Crippen molar-refractivity contribution in [3.63, 3.8) is 0 Å². The summed E-state index contributed by atoms with van der Waals surface area (Å²) in [7, 11) is 0. The van der Waals surface area contributed by atoms with Crippen LogP contribution in [0.1, 0.15) is 35.7 Å². The molecular formula is C13H16N2O. The van der Waals surface area contributed by atoms with Crippen LogP contribution in [-0.2, 0) is 6.42 Å². The van der Waals surface area contributed by atoms with Gasteiger partial charge in [-0.05, 0) is 30.5 Å². The third-order valence-electron chi connectivity index (χ3n) is 2.85. The molecule has 0 radical (unpaired) electrons. The molecule has 0 atom stereocenters. The SMILES string of the molecule is CCCCc1c[nH]c2cc(C(N)=O)ccc12. The number of rotatable bonds is 4. The number of H-pyrrole nitrogens is 1. The van der Waals surface area contributed by atoms with E-state index in [-0.39, 0.29) is 5.91 Å². The van der Waals surface area contributed by atoms with Gasteiger partial charge in [-0.25, -0.2) is 0 Å². The first-order chi connectivity index (χ1) is 7.72. The van der Waals surface area contributed by atoms with Crippen molar-refractivity contribution < 1.29 is 4.79 Å². The molecule has 0 aliphatic rings. The normalized spacial score (nSPS) is 10.8. The lowest BCUT2D eigenvalue weighted by Crippen LogP contribution is -2.10. The van der Waals surface area contributed by atoms with E-state index in [1.807, 2.05) is 18.3 Å². The van der Waals surface area contributed by atoms with Gasteiger partial charge < -0.3 is 10.7 Å². The smallest absolute Gasteiger partial charge is 0.248 e. The average molecular weight is 216 g/mol. The van der Waals surface area contributed by atoms with Gasteiger partial charge in [0.15, 0.2) is 0 Å². The Morgan fingerprint density at radius 1 is 1.44 bits per heavy atom. The van der Waals surface area contributed by atoms with E-state index in [2.05, 4.69) is 11.9 Å². The summed E-state index contributed by atoms with van der Waals surface area (Å²) in [6.07, 6.45) is 5.47. The van der Waals surface area contributed by atoms with E-state index in [1.165, 1.54) is 23.8 Å². The molecule has 0 unspecified atom stereocenters. The van der Waals surface area contributed by atoms with E-state index in [9.17, 15) is 4.79 Å². The number of carbonyl (C=O) groups is 1. The fourth-order valence-corrected chi connectivity index (χ4v) is 1.91. The summed E-state index contributed by atoms with van der Waals surface area (Å²) in [6, 6.07) is 5.57. The van der Waals surface area contributed by atoms with E-state index in [0.29, 0.717) is 5.56 Å². The van der Waals surface area contributed by atoms with Crippen molar-refractivity contribution in [2.75, 3.05) is 0 Å². The largest absolute Gasteiger partial charge is 0.366 e. The predicted octanol–water partition coefficient (Wildman–Crippen LogP) is 2.61. The summed E-state index contributed by atoms with van der Waals surface area (Å²) in [5, 5.41) is 1.19. The summed E-state index contributed by atoms with van der Waals surface area (Å²) in [6.45, 7) is 2.18. The molecular weight excluding hydrogens is 200 g/mol. The number of unbranched alkanes of at least 4 members (excludes halogenated alkanes) is 1. The van der Waals surface area contributed by atoms with Crippen LogP contribution in [0.15, 0.2) is 24.4 Å². The van der Waals surface area contributed by atoms with Crippen molar-refractivity contribution in [1.82, 2.24) is 4.98 Å². The second-order valence-corrected chi connectivity index (χ2v) is 4.04. The van der Waals surface area contributed by atoms with Crippen molar-refractivity contribution in [2.24, 2.45) is 5.73 Å². The zero-order valence-corrected chi connectivity index (χ0v) is 9.42. The summed E-state index contributed by atoms with van der Waals surface area (Å²) < 4.78 is 0. The van der Waals surface area contributed by atoms with Gasteiger partial charge in [0.1, 0.15) is 0 Å². The number of aromatic amines is 1. The third-order valence-corrected chi connectivity index (χ3v) is 2.85. The standard InChI is InChI=1S/C13H16N2O/c1-2-3-4-10-8-15-12-7-9(13(14)16)5-6-11(10)12/h5-8,15H,2-4H2,1H3,(H2,14,16). The van der Waals surface area contributed by atoms with Crippen molar-refractivity contribution in [3.05, 3.63) is 35.5 Å². The maximum Gasteiger partial charge on any atom is 0.248 e. The number of primary amides is 1. The molecule has 1 aromatic carbocycles. The number of aryl methyl sites for hydroxylation is 1. The maximum atomic E-state index is 11.0. The van der Waals surface area contributed by atoms with E-state index in [1.54, 1.807) is 6.07 Å². The van der Waals surface area contributed by atoms with E-state index < -0.39 is 0 Å². The second-order valence-electron chi connectivity index (χ2n) is 4.04. The minimum Gasteiger partial charge on any atom is -0.366 e. The molecule has 3 heteroatoms. The highest BCUT2D eigenvalue weighted by Crippen LogP contribution is 2.21. The van der Waals surface area contributed by atoms with Gasteiger partial charge in [0, 0.05) is 22.7 Å². The Kier molecular flexibility index (Phi) is 2.95. The molecule has 0 aliphatic carbocycles. The number of amides is 1. The number of hydrogen-bond acceptors (Lipinski definition) is 1. The Balaban J connectivity index is 2.38. The molecule has 0 bridgehead atoms. The Labute approximate surface area is 94.6 Å². The molecule has 1 aromatic heterocycles. The molecule has 2 rings (SSSR count). The number of fused-ring (bicyclic) bond motifs is 1. The van der Waals surface area contributed by atoms with Crippen LogP contribution >= 0.6 is 0 Å². The number of aromatic nitrogens is 1. The summed E-state index contributed by atoms with van der Waals surface area (Å²) in [4.78, 5) is 14.2. The van der Waals surface area contributed by atoms with E-state index in [0.717, 1.165) is 11.9 Å². The molecule has 1 amide bonds. The first kappa shape index (κ1) is 10.7. The highest BCUT2D eigenvalue weighted by molar-refractivity contribution is 5.97. The quantitative estimate of drug-likeness (QED) is 0.810. The number of nitrogens with one attached hydrogen (secondary N) is 1. The summed E-state index contributed by atoms with van der Waals surface area (Å²) >= 11 is 0. The van der Waals surface area contributed by atoms with Crippen LogP contribution in [0, 0.1) is 0 Å². The maximum absolute atomic E-state index is 11.0. The summed E-state index contributed by atoms with van der Waals surface area (Å²) in [5.41, 5.74) is 8.09. The Morgan fingerprint density at radius 3 is 2.94 bits per heavy atom. The van der Waals surface area contributed by atoms with Crippen LogP contribution in [0.3, 0.4) is 0 Å². The van der Waals surface area contributed by atoms with Gasteiger partial charge >= 0.3 is 0 Å². The topological polar surface area (TPSA) is 58.9 Å². The predicted molar refractivity (Wildman–Crippen MR) is 65.4 cm³/mol. The molecule has 3 nitrogen and oxygen atoms in total. The number of carbonyl (C=O) groups excluding carboxylic acids is 1. The number of benzene rings is 1. The third kappa shape index (κ3) is 1.94. The van der Waals surface area contributed by atoms with Crippen molar-refractivity contribution in [1.29, 1.82) is 0 Å². The zero-order chi connectivity index (χ0) is 11.5. The monoisotopic (exact) mass is 216 g/mol. The number of hydrogen-bond donors (Lipinski definition) is 2. The summed E-state index contributed by atoms with van der Waals surface area (Å²) in [5.74, 6) is -0.383. The van der Waals surface area contributed by atoms with Crippen LogP contribution in [0.2, 0.25) is 0 Å². The van der Waals surface area contributed by atoms with Crippen molar-refractivity contribution in [2.45, 2.75) is 26.2 Å². The average Bonchev–Trinajstić information content (AvgIpc) is 2.68. The number of nitrogens with two attached hydrogens (primary N) is 1. The van der Waals surface area contributed by atoms with E-state index in [4.69, 9.17) is 5.73 Å². The Morgan fingerprint density at radius 2 is 2.25 bits per heavy atom. The van der Waals surface area contributed by atoms with Crippen LogP contribution in [0.25, 0.3) is 10.9 Å². The van der Waals surface area contributed by atoms with E-state index >= 15 is 0 Å². The van der Waals surface area contributed by atoms with Crippen molar-refractivity contribution >= 4 is 16.8 Å². The first-order valence-corrected chi connectivity index (χ1v) is 5.62. The molecule has 0 spiro atoms. The van der Waals surface area contributed by atoms with Gasteiger partial charge in [-0.3, -0.25) is 4.79 Å². The molecule has 0 saturated heterocycles. The fourth-order valence-electron chi connectivity index (χ4n) is 1.91. The Bertz CT molecular complexity index is 514. The molecule has 0 fully saturated rings. The minimum absolute atomic E-state index is 0.383. The molecule has 16 heavy (non-hydrogen) atoms. The van der Waals surface area contributed by atoms with Crippen LogP contribution in [0.5, 0.6) is 0 Å². The van der Waals surface area contributed by atoms with Gasteiger partial charge in [0.25, 0.3) is 0 Å². The van der Waals surface area contributed by atoms with Gasteiger partial charge in [-0.15, -0.1) is 0 Å². The molecule has 3 N–H and O–H groups in total. The molecule has 84 valence electrons. The molecule has 0 saturated carbocycles. The lowest BCUT2D eigenvalue weighted by atomic mass is 10.1. The highest BCUT2D eigenvalue weighted by atomic mass is 16.1. The lowest BCUT2D eigenvalue weighted by molar-refractivity contribution is 0.100. The van der Waals surface area contributed by atoms with Gasteiger partial charge in [-0.1, -0.05) is 19.4 Å². The van der Waals surface area contributed by atoms with Gasteiger partial charge in [-0.2, -0.15) is 0 Å². The van der Waals surface area contributed by atoms with Gasteiger partial charge in [0.2, 0.25) is 5.91 Å². The molecule has 1 heterocycles. The van der Waals surface area contributed by atoms with Gasteiger partial charge in [0.05, 0.1) is 0 Å². The lowest BCUT2D eigenvalue weighted by Gasteiger charge is -1.99. The first-order valence-electron chi connectivity index (χ1n) is 5.62. The van der Waals surface area contributed by atoms with Crippen LogP contribution < -0.4 is 5.73 Å². The fraction of sp³-hybridized carbons (Fsp3) is 0.308.